The Morgan fingerprint density at radius 3 is 1.27 bits per heavy atom. The summed E-state index contributed by atoms with van der Waals surface area (Å²) in [6.45, 7) is 6.11. The molecule has 0 aliphatic carbocycles. The molecule has 0 aromatic carbocycles. The van der Waals surface area contributed by atoms with Gasteiger partial charge in [-0.3, -0.25) is 33.6 Å². The van der Waals surface area contributed by atoms with Gasteiger partial charge in [0.05, 0.1) is 0 Å². The molecule has 1 unspecified atom stereocenters. The van der Waals surface area contributed by atoms with Gasteiger partial charge in [-0.2, -0.15) is 0 Å². The minimum atomic E-state index is -1.90. The van der Waals surface area contributed by atoms with Crippen LogP contribution in [-0.2, 0) is 80.9 Å². The van der Waals surface area contributed by atoms with Crippen LogP contribution in [0.25, 0.3) is 0 Å². The fraction of sp³-hybridized carbons (Fsp3) is 0.731. The third-order valence-electron chi connectivity index (χ3n) is 5.90. The number of aliphatic hydroxyl groups excluding tert-OH is 1. The zero-order valence-electron chi connectivity index (χ0n) is 25.1. The van der Waals surface area contributed by atoms with Crippen molar-refractivity contribution in [1.29, 1.82) is 0 Å². The summed E-state index contributed by atoms with van der Waals surface area (Å²) in [4.78, 5) is 83.5. The lowest BCUT2D eigenvalue weighted by Gasteiger charge is -2.48. The Morgan fingerprint density at radius 2 is 0.841 bits per heavy atom. The van der Waals surface area contributed by atoms with Gasteiger partial charge in [0.1, 0.15) is 31.5 Å². The molecule has 0 radical (unpaired) electrons. The van der Waals surface area contributed by atoms with Crippen LogP contribution in [0.4, 0.5) is 0 Å². The third-order valence-corrected chi connectivity index (χ3v) is 5.90. The van der Waals surface area contributed by atoms with Gasteiger partial charge in [0.15, 0.2) is 43.1 Å². The minimum Gasteiger partial charge on any atom is -0.463 e. The van der Waals surface area contributed by atoms with Crippen molar-refractivity contribution >= 4 is 41.8 Å². The smallest absolute Gasteiger partial charge is 0.303 e. The van der Waals surface area contributed by atoms with Crippen molar-refractivity contribution in [2.45, 2.75) is 110 Å². The van der Waals surface area contributed by atoms with Gasteiger partial charge in [0.2, 0.25) is 0 Å². The Morgan fingerprint density at radius 1 is 0.477 bits per heavy atom. The summed E-state index contributed by atoms with van der Waals surface area (Å²) in [6.07, 6.45) is -16.3. The summed E-state index contributed by atoms with van der Waals surface area (Å²) in [5.74, 6) is -6.03. The van der Waals surface area contributed by atoms with E-state index in [-0.39, 0.29) is 0 Å². The highest BCUT2D eigenvalue weighted by Crippen LogP contribution is 2.34. The van der Waals surface area contributed by atoms with Crippen molar-refractivity contribution in [3.8, 4) is 0 Å². The van der Waals surface area contributed by atoms with E-state index in [4.69, 9.17) is 47.4 Å². The van der Waals surface area contributed by atoms with E-state index < -0.39 is 116 Å². The van der Waals surface area contributed by atoms with E-state index in [9.17, 15) is 38.7 Å². The number of carbonyl (C=O) groups is 7. The second kappa shape index (κ2) is 16.3. The first-order valence-electron chi connectivity index (χ1n) is 13.3. The first-order valence-corrected chi connectivity index (χ1v) is 13.3. The lowest BCUT2D eigenvalue weighted by molar-refractivity contribution is -0.357. The van der Waals surface area contributed by atoms with Crippen molar-refractivity contribution in [3.63, 3.8) is 0 Å². The van der Waals surface area contributed by atoms with Gasteiger partial charge in [0.25, 0.3) is 0 Å². The summed E-state index contributed by atoms with van der Waals surface area (Å²) in [5, 5.41) is 10.6. The predicted octanol–water partition coefficient (Wildman–Crippen LogP) is -1.40. The van der Waals surface area contributed by atoms with Crippen molar-refractivity contribution in [2.24, 2.45) is 0 Å². The molecule has 2 saturated heterocycles. The highest BCUT2D eigenvalue weighted by Gasteiger charge is 2.57. The summed E-state index contributed by atoms with van der Waals surface area (Å²) >= 11 is 0. The van der Waals surface area contributed by atoms with Crippen molar-refractivity contribution in [1.82, 2.24) is 0 Å². The SMILES string of the molecule is CC(=O)OC[C@H]1O[C@H](O[C@H]2[C@H](OC(C)=O)[C@H](OC(C)=O)C(O)O[C@@H]2COC(C)=O)[C@@H](OC(C)=O)[C@@H](OC(C)=O)[C@@H]1OC(C)=O. The van der Waals surface area contributed by atoms with E-state index in [0.29, 0.717) is 0 Å². The molecule has 18 nitrogen and oxygen atoms in total. The van der Waals surface area contributed by atoms with E-state index in [1.807, 2.05) is 0 Å². The first kappa shape index (κ1) is 36.3. The van der Waals surface area contributed by atoms with E-state index in [0.717, 1.165) is 48.5 Å². The Kier molecular flexibility index (Phi) is 13.4. The monoisotopic (exact) mass is 636 g/mol. The molecule has 0 saturated carbocycles. The Balaban J connectivity index is 2.66. The summed E-state index contributed by atoms with van der Waals surface area (Å²) in [7, 11) is 0. The second-order valence-electron chi connectivity index (χ2n) is 9.68. The molecule has 2 aliphatic heterocycles. The lowest BCUT2D eigenvalue weighted by Crippen LogP contribution is -2.67. The van der Waals surface area contributed by atoms with Gasteiger partial charge in [-0.05, 0) is 0 Å². The molecular formula is C26H36O18. The molecule has 1 N–H and O–H groups in total. The zero-order valence-corrected chi connectivity index (χ0v) is 25.1. The van der Waals surface area contributed by atoms with Crippen LogP contribution in [0, 0.1) is 0 Å². The summed E-state index contributed by atoms with van der Waals surface area (Å²) < 4.78 is 54.1. The number of rotatable bonds is 11. The van der Waals surface area contributed by atoms with E-state index in [2.05, 4.69) is 0 Å². The second-order valence-corrected chi connectivity index (χ2v) is 9.68. The lowest BCUT2D eigenvalue weighted by atomic mass is 9.96. The molecule has 2 heterocycles. The largest absolute Gasteiger partial charge is 0.463 e. The average Bonchev–Trinajstić information content (AvgIpc) is 2.87. The van der Waals surface area contributed by atoms with Crippen LogP contribution < -0.4 is 0 Å². The van der Waals surface area contributed by atoms with Crippen LogP contribution in [0.1, 0.15) is 48.5 Å². The minimum absolute atomic E-state index is 0.572. The highest BCUT2D eigenvalue weighted by atomic mass is 16.8. The molecule has 0 aromatic rings. The Labute approximate surface area is 251 Å². The molecule has 2 aliphatic rings. The molecule has 18 heteroatoms. The summed E-state index contributed by atoms with van der Waals surface area (Å²) in [5.41, 5.74) is 0. The van der Waals surface area contributed by atoms with Crippen molar-refractivity contribution in [2.75, 3.05) is 13.2 Å². The van der Waals surface area contributed by atoms with Crippen LogP contribution in [0.2, 0.25) is 0 Å². The number of carbonyl (C=O) groups excluding carboxylic acids is 7. The van der Waals surface area contributed by atoms with Crippen LogP contribution >= 0.6 is 0 Å². The number of hydrogen-bond acceptors (Lipinski definition) is 18. The molecule has 44 heavy (non-hydrogen) atoms. The maximum Gasteiger partial charge on any atom is 0.303 e. The van der Waals surface area contributed by atoms with E-state index in [1.54, 1.807) is 0 Å². The van der Waals surface area contributed by atoms with Crippen LogP contribution in [0.15, 0.2) is 0 Å². The van der Waals surface area contributed by atoms with Gasteiger partial charge in [-0.15, -0.1) is 0 Å². The van der Waals surface area contributed by atoms with Crippen LogP contribution in [0.3, 0.4) is 0 Å². The molecule has 2 fully saturated rings. The topological polar surface area (TPSA) is 232 Å². The molecular weight excluding hydrogens is 600 g/mol. The molecule has 0 spiro atoms. The van der Waals surface area contributed by atoms with E-state index >= 15 is 0 Å². The van der Waals surface area contributed by atoms with Gasteiger partial charge in [0, 0.05) is 48.5 Å². The quantitative estimate of drug-likeness (QED) is 0.203. The van der Waals surface area contributed by atoms with Crippen LogP contribution in [-0.4, -0.2) is 122 Å². The van der Waals surface area contributed by atoms with Gasteiger partial charge >= 0.3 is 41.8 Å². The maximum atomic E-state index is 12.2. The zero-order chi connectivity index (χ0) is 33.3. The van der Waals surface area contributed by atoms with Crippen molar-refractivity contribution < 1.29 is 86.0 Å². The molecule has 0 bridgehead atoms. The van der Waals surface area contributed by atoms with E-state index in [1.165, 1.54) is 0 Å². The van der Waals surface area contributed by atoms with Crippen molar-refractivity contribution in [3.05, 3.63) is 0 Å². The van der Waals surface area contributed by atoms with Gasteiger partial charge < -0.3 is 52.5 Å². The highest BCUT2D eigenvalue weighted by molar-refractivity contribution is 5.69. The molecule has 0 aromatic heterocycles. The fourth-order valence-electron chi connectivity index (χ4n) is 4.49. The molecule has 248 valence electrons. The molecule has 10 atom stereocenters. The average molecular weight is 637 g/mol. The standard InChI is InChI=1S/C26H36O18/c1-10(27)35-8-17-20(21(38-13(4)30)23(25(34)42-17)40-15(6)32)44-26-24(41-16(7)33)22(39-14(5)31)19(37-12(3)29)18(43-26)9-36-11(2)28/h17-26,34H,8-9H2,1-7H3/t17-,18-,19-,20-,21+,22+,23+,24+,25?,26-/m1/s1. The normalized spacial score (nSPS) is 31.5. The molecule has 0 amide bonds. The number of aliphatic hydroxyl groups is 1. The first-order chi connectivity index (χ1) is 20.5. The number of ether oxygens (including phenoxy) is 10. The van der Waals surface area contributed by atoms with Gasteiger partial charge in [-0.25, -0.2) is 0 Å². The van der Waals surface area contributed by atoms with Gasteiger partial charge in [-0.1, -0.05) is 0 Å². The number of esters is 7. The predicted molar refractivity (Wildman–Crippen MR) is 135 cm³/mol. The Bertz CT molecular complexity index is 1090. The fourth-order valence-corrected chi connectivity index (χ4v) is 4.49. The maximum absolute atomic E-state index is 12.2. The third kappa shape index (κ3) is 10.7. The Hall–Kier alpha value is -3.87. The summed E-state index contributed by atoms with van der Waals surface area (Å²) in [6, 6.07) is 0. The van der Waals surface area contributed by atoms with Crippen LogP contribution in [0.5, 0.6) is 0 Å². The number of hydrogen-bond donors (Lipinski definition) is 1. The molecule has 2 rings (SSSR count).